The van der Waals surface area contributed by atoms with Crippen LogP contribution in [0.15, 0.2) is 30.3 Å². The van der Waals surface area contributed by atoms with Gasteiger partial charge >= 0.3 is 0 Å². The first-order valence-corrected chi connectivity index (χ1v) is 6.21. The third kappa shape index (κ3) is 1.61. The number of hydrogen-bond acceptors (Lipinski definition) is 2. The molecule has 1 N–H and O–H groups in total. The van der Waals surface area contributed by atoms with Gasteiger partial charge in [-0.15, -0.1) is 11.3 Å². The van der Waals surface area contributed by atoms with Crippen LogP contribution in [-0.4, -0.2) is 9.97 Å². The van der Waals surface area contributed by atoms with Gasteiger partial charge in [0.05, 0.1) is 19.8 Å². The molecule has 0 radical (unpaired) electrons. The average Bonchev–Trinajstić information content (AvgIpc) is 2.84. The molecule has 0 spiro atoms. The third-order valence-corrected chi connectivity index (χ3v) is 3.81. The second kappa shape index (κ2) is 3.77. The number of hydrogen-bond donors (Lipinski definition) is 1. The Morgan fingerprint density at radius 2 is 2.00 bits per heavy atom. The van der Waals surface area contributed by atoms with Crippen molar-refractivity contribution in [2.75, 3.05) is 0 Å². The number of nitrogens with zero attached hydrogens (tertiary/aromatic N) is 1. The molecule has 0 amide bonds. The summed E-state index contributed by atoms with van der Waals surface area (Å²) in [5.74, 6) is 0.806. The van der Waals surface area contributed by atoms with Gasteiger partial charge in [0.1, 0.15) is 11.3 Å². The van der Waals surface area contributed by atoms with E-state index < -0.39 is 0 Å². The molecule has 80 valence electrons. The number of rotatable bonds is 1. The monoisotopic (exact) mass is 268 g/mol. The van der Waals surface area contributed by atoms with Crippen molar-refractivity contribution in [1.29, 1.82) is 0 Å². The van der Waals surface area contributed by atoms with E-state index in [4.69, 9.17) is 23.2 Å². The fraction of sp³-hybridized carbons (Fsp3) is 0. The number of fused-ring (bicyclic) bond motifs is 1. The van der Waals surface area contributed by atoms with Crippen LogP contribution in [0.2, 0.25) is 9.36 Å². The first-order chi connectivity index (χ1) is 7.74. The highest BCUT2D eigenvalue weighted by Gasteiger charge is 2.09. The zero-order chi connectivity index (χ0) is 11.1. The minimum absolute atomic E-state index is 0.655. The predicted molar refractivity (Wildman–Crippen MR) is 69.4 cm³/mol. The summed E-state index contributed by atoms with van der Waals surface area (Å²) in [6.45, 7) is 0. The number of H-pyrrole nitrogens is 1. The van der Waals surface area contributed by atoms with Crippen LogP contribution < -0.4 is 0 Å². The third-order valence-electron chi connectivity index (χ3n) is 2.27. The van der Waals surface area contributed by atoms with Crippen LogP contribution in [0.4, 0.5) is 0 Å². The summed E-state index contributed by atoms with van der Waals surface area (Å²) in [6, 6.07) is 9.48. The van der Waals surface area contributed by atoms with Crippen molar-refractivity contribution in [3.05, 3.63) is 39.7 Å². The Kier molecular flexibility index (Phi) is 2.39. The number of halogens is 2. The van der Waals surface area contributed by atoms with Gasteiger partial charge in [-0.1, -0.05) is 29.3 Å². The molecule has 2 nitrogen and oxygen atoms in total. The fourth-order valence-corrected chi connectivity index (χ4v) is 2.76. The second-order valence-corrected chi connectivity index (χ2v) is 5.45. The van der Waals surface area contributed by atoms with E-state index in [1.165, 1.54) is 11.3 Å². The Labute approximate surface area is 106 Å². The molecule has 5 heteroatoms. The Hall–Kier alpha value is -1.03. The van der Waals surface area contributed by atoms with Crippen molar-refractivity contribution in [2.24, 2.45) is 0 Å². The smallest absolute Gasteiger partial charge is 0.148 e. The first kappa shape index (κ1) is 10.1. The van der Waals surface area contributed by atoms with Gasteiger partial charge in [0.25, 0.3) is 0 Å². The Morgan fingerprint density at radius 1 is 1.12 bits per heavy atom. The zero-order valence-electron chi connectivity index (χ0n) is 8.00. The maximum Gasteiger partial charge on any atom is 0.148 e. The highest BCUT2D eigenvalue weighted by Crippen LogP contribution is 2.31. The molecule has 1 aromatic carbocycles. The van der Waals surface area contributed by atoms with Crippen LogP contribution in [0.1, 0.15) is 0 Å². The summed E-state index contributed by atoms with van der Waals surface area (Å²) in [7, 11) is 0. The molecule has 3 rings (SSSR count). The largest absolute Gasteiger partial charge is 0.337 e. The number of imidazole rings is 1. The van der Waals surface area contributed by atoms with Crippen molar-refractivity contribution in [3.63, 3.8) is 0 Å². The van der Waals surface area contributed by atoms with Gasteiger partial charge in [-0.05, 0) is 24.3 Å². The van der Waals surface area contributed by atoms with Gasteiger partial charge in [-0.2, -0.15) is 0 Å². The summed E-state index contributed by atoms with van der Waals surface area (Å²) < 4.78 is 0.751. The molecule has 2 heterocycles. The van der Waals surface area contributed by atoms with E-state index >= 15 is 0 Å². The molecule has 16 heavy (non-hydrogen) atoms. The van der Waals surface area contributed by atoms with Crippen molar-refractivity contribution in [3.8, 4) is 10.7 Å². The highest BCUT2D eigenvalue weighted by atomic mass is 35.5. The molecule has 0 atom stereocenters. The molecule has 2 aromatic heterocycles. The summed E-state index contributed by atoms with van der Waals surface area (Å²) in [4.78, 5) is 8.69. The molecular formula is C11H6Cl2N2S. The number of aromatic amines is 1. The quantitative estimate of drug-likeness (QED) is 0.687. The number of nitrogens with one attached hydrogen (secondary N) is 1. The normalized spacial score (nSPS) is 11.1. The van der Waals surface area contributed by atoms with Crippen molar-refractivity contribution in [1.82, 2.24) is 9.97 Å². The summed E-state index contributed by atoms with van der Waals surface area (Å²) in [5, 5.41) is 0.655. The van der Waals surface area contributed by atoms with Gasteiger partial charge in [-0.25, -0.2) is 4.98 Å². The van der Waals surface area contributed by atoms with Gasteiger partial charge in [-0.3, -0.25) is 0 Å². The lowest BCUT2D eigenvalue weighted by molar-refractivity contribution is 1.36. The first-order valence-electron chi connectivity index (χ1n) is 4.64. The number of thiophene rings is 1. The number of aromatic nitrogens is 2. The van der Waals surface area contributed by atoms with E-state index in [1.807, 2.05) is 30.3 Å². The average molecular weight is 269 g/mol. The molecule has 0 aliphatic rings. The minimum atomic E-state index is 0.655. The Balaban J connectivity index is 2.22. The molecule has 0 aliphatic heterocycles. The van der Waals surface area contributed by atoms with E-state index in [2.05, 4.69) is 9.97 Å². The van der Waals surface area contributed by atoms with Gasteiger partial charge in [0.2, 0.25) is 0 Å². The van der Waals surface area contributed by atoms with Crippen LogP contribution in [0.5, 0.6) is 0 Å². The molecule has 0 unspecified atom stereocenters. The van der Waals surface area contributed by atoms with Gasteiger partial charge < -0.3 is 4.98 Å². The maximum atomic E-state index is 6.06. The van der Waals surface area contributed by atoms with Crippen molar-refractivity contribution < 1.29 is 0 Å². The van der Waals surface area contributed by atoms with Crippen LogP contribution in [-0.2, 0) is 0 Å². The van der Waals surface area contributed by atoms with E-state index in [0.717, 1.165) is 26.1 Å². The van der Waals surface area contributed by atoms with Crippen molar-refractivity contribution >= 4 is 45.6 Å². The van der Waals surface area contributed by atoms with Crippen LogP contribution >= 0.6 is 34.5 Å². The molecule has 0 bridgehead atoms. The predicted octanol–water partition coefficient (Wildman–Crippen LogP) is 4.60. The van der Waals surface area contributed by atoms with Gasteiger partial charge in [0.15, 0.2) is 0 Å². The molecule has 0 fully saturated rings. The maximum absolute atomic E-state index is 6.06. The second-order valence-electron chi connectivity index (χ2n) is 3.33. The standard InChI is InChI=1S/C11H6Cl2N2S/c12-6-2-1-3-7-10(6)15-11(14-7)8-4-5-9(13)16-8/h1-5H,(H,14,15). The zero-order valence-corrected chi connectivity index (χ0v) is 10.3. The van der Waals surface area contributed by atoms with E-state index in [1.54, 1.807) is 0 Å². The van der Waals surface area contributed by atoms with Gasteiger partial charge in [0, 0.05) is 0 Å². The van der Waals surface area contributed by atoms with E-state index in [-0.39, 0.29) is 0 Å². The summed E-state index contributed by atoms with van der Waals surface area (Å²) in [6.07, 6.45) is 0. The number of para-hydroxylation sites is 1. The van der Waals surface area contributed by atoms with E-state index in [9.17, 15) is 0 Å². The minimum Gasteiger partial charge on any atom is -0.337 e. The van der Waals surface area contributed by atoms with Crippen molar-refractivity contribution in [2.45, 2.75) is 0 Å². The van der Waals surface area contributed by atoms with E-state index in [0.29, 0.717) is 5.02 Å². The topological polar surface area (TPSA) is 28.7 Å². The number of benzene rings is 1. The summed E-state index contributed by atoms with van der Waals surface area (Å²) in [5.41, 5.74) is 1.73. The lowest BCUT2D eigenvalue weighted by atomic mass is 10.3. The Bertz CT molecular complexity index is 657. The lowest BCUT2D eigenvalue weighted by Gasteiger charge is -1.88. The molecule has 0 saturated heterocycles. The van der Waals surface area contributed by atoms with Crippen LogP contribution in [0, 0.1) is 0 Å². The van der Waals surface area contributed by atoms with Crippen LogP contribution in [0.25, 0.3) is 21.7 Å². The Morgan fingerprint density at radius 3 is 2.69 bits per heavy atom. The molecule has 0 saturated carbocycles. The van der Waals surface area contributed by atoms with Crippen LogP contribution in [0.3, 0.4) is 0 Å². The fourth-order valence-electron chi connectivity index (χ4n) is 1.56. The summed E-state index contributed by atoms with van der Waals surface area (Å²) >= 11 is 13.4. The molecule has 3 aromatic rings. The highest BCUT2D eigenvalue weighted by molar-refractivity contribution is 7.19. The lowest BCUT2D eigenvalue weighted by Crippen LogP contribution is -1.72. The SMILES string of the molecule is Clc1ccc(-c2nc3c(Cl)cccc3[nH]2)s1. The molecular weight excluding hydrogens is 263 g/mol. The molecule has 0 aliphatic carbocycles.